The average molecular weight is 416 g/mol. The minimum atomic E-state index is -0.587. The topological polar surface area (TPSA) is 99.2 Å². The first-order valence-electron chi connectivity index (χ1n) is 9.71. The molecule has 3 heterocycles. The van der Waals surface area contributed by atoms with Crippen molar-refractivity contribution in [3.8, 4) is 5.82 Å². The van der Waals surface area contributed by atoms with Crippen molar-refractivity contribution in [2.45, 2.75) is 13.8 Å². The summed E-state index contributed by atoms with van der Waals surface area (Å²) in [6, 6.07) is 13.0. The second kappa shape index (κ2) is 8.66. The monoisotopic (exact) mass is 416 g/mol. The van der Waals surface area contributed by atoms with E-state index < -0.39 is 11.9 Å². The summed E-state index contributed by atoms with van der Waals surface area (Å²) in [5.74, 6) is 0.130. The summed E-state index contributed by atoms with van der Waals surface area (Å²) in [5.41, 5.74) is 1.90. The molecule has 0 aliphatic rings. The van der Waals surface area contributed by atoms with Crippen LogP contribution in [-0.2, 0) is 9.53 Å². The van der Waals surface area contributed by atoms with Gasteiger partial charge in [-0.15, -0.1) is 0 Å². The van der Waals surface area contributed by atoms with Crippen LogP contribution in [0, 0.1) is 6.92 Å². The largest absolute Gasteiger partial charge is 0.465 e. The first-order chi connectivity index (χ1) is 15.1. The van der Waals surface area contributed by atoms with Crippen molar-refractivity contribution in [2.24, 2.45) is 0 Å². The number of pyridine rings is 1. The fourth-order valence-electron chi connectivity index (χ4n) is 3.14. The van der Waals surface area contributed by atoms with E-state index in [1.165, 1.54) is 29.3 Å². The number of ether oxygens (including phenoxy) is 1. The third-order valence-corrected chi connectivity index (χ3v) is 4.57. The number of hydrogen-bond acceptors (Lipinski definition) is 6. The number of aromatic nitrogens is 3. The molecule has 156 valence electrons. The summed E-state index contributed by atoms with van der Waals surface area (Å²) in [4.78, 5) is 29.6. The summed E-state index contributed by atoms with van der Waals surface area (Å²) in [6.07, 6.45) is 5.71. The van der Waals surface area contributed by atoms with Crippen molar-refractivity contribution in [1.29, 1.82) is 0 Å². The highest BCUT2D eigenvalue weighted by molar-refractivity contribution is 6.05. The number of nitrogens with zero attached hydrogens (tertiary/aromatic N) is 3. The third kappa shape index (κ3) is 4.23. The number of carbonyl (C=O) groups is 2. The van der Waals surface area contributed by atoms with E-state index in [0.29, 0.717) is 11.6 Å². The molecule has 1 aromatic carbocycles. The molecule has 0 aliphatic carbocycles. The number of benzene rings is 1. The van der Waals surface area contributed by atoms with Crippen LogP contribution < -0.4 is 5.32 Å². The summed E-state index contributed by atoms with van der Waals surface area (Å²) in [6.45, 7) is 3.87. The molecular weight excluding hydrogens is 396 g/mol. The molecule has 31 heavy (non-hydrogen) atoms. The Morgan fingerprint density at radius 2 is 2.06 bits per heavy atom. The summed E-state index contributed by atoms with van der Waals surface area (Å²) in [7, 11) is 0. The number of anilines is 1. The van der Waals surface area contributed by atoms with Crippen LogP contribution in [0.4, 0.5) is 5.82 Å². The molecular formula is C23H20N4O4. The molecule has 0 radical (unpaired) electrons. The van der Waals surface area contributed by atoms with Gasteiger partial charge in [-0.2, -0.15) is 9.78 Å². The molecule has 0 bridgehead atoms. The first kappa shape index (κ1) is 20.1. The van der Waals surface area contributed by atoms with E-state index >= 15 is 0 Å². The molecule has 0 atom stereocenters. The van der Waals surface area contributed by atoms with Crippen LogP contribution in [0.25, 0.3) is 22.8 Å². The van der Waals surface area contributed by atoms with Gasteiger partial charge in [-0.05, 0) is 49.8 Å². The molecule has 1 N–H and O–H groups in total. The van der Waals surface area contributed by atoms with Gasteiger partial charge in [0.15, 0.2) is 11.6 Å². The molecule has 0 fully saturated rings. The lowest BCUT2D eigenvalue weighted by atomic mass is 10.1. The van der Waals surface area contributed by atoms with Crippen LogP contribution in [-0.4, -0.2) is 33.2 Å². The van der Waals surface area contributed by atoms with Gasteiger partial charge in [-0.25, -0.2) is 9.78 Å². The number of esters is 1. The average Bonchev–Trinajstić information content (AvgIpc) is 3.42. The highest BCUT2D eigenvalue weighted by Crippen LogP contribution is 2.24. The summed E-state index contributed by atoms with van der Waals surface area (Å²) in [5, 5.41) is 8.03. The van der Waals surface area contributed by atoms with Gasteiger partial charge in [-0.1, -0.05) is 18.2 Å². The van der Waals surface area contributed by atoms with E-state index in [2.05, 4.69) is 15.4 Å². The molecule has 0 unspecified atom stereocenters. The van der Waals surface area contributed by atoms with Crippen LogP contribution >= 0.6 is 0 Å². The molecule has 0 spiro atoms. The van der Waals surface area contributed by atoms with Crippen molar-refractivity contribution in [1.82, 2.24) is 14.8 Å². The molecule has 4 aromatic rings. The number of hydrogen-bond donors (Lipinski definition) is 1. The predicted molar refractivity (Wildman–Crippen MR) is 116 cm³/mol. The zero-order chi connectivity index (χ0) is 21.8. The number of aryl methyl sites for hydroxylation is 1. The van der Waals surface area contributed by atoms with E-state index in [4.69, 9.17) is 9.15 Å². The van der Waals surface area contributed by atoms with E-state index in [0.717, 1.165) is 16.5 Å². The molecule has 0 aliphatic heterocycles. The van der Waals surface area contributed by atoms with E-state index in [9.17, 15) is 9.59 Å². The second-order valence-corrected chi connectivity index (χ2v) is 6.69. The Hall–Kier alpha value is -4.20. The Labute approximate surface area is 178 Å². The highest BCUT2D eigenvalue weighted by Gasteiger charge is 2.22. The number of carbonyl (C=O) groups excluding carboxylic acids is 2. The summed E-state index contributed by atoms with van der Waals surface area (Å²) >= 11 is 0. The molecule has 4 rings (SSSR count). The van der Waals surface area contributed by atoms with Gasteiger partial charge in [0.05, 0.1) is 24.6 Å². The van der Waals surface area contributed by atoms with Crippen molar-refractivity contribution in [3.05, 3.63) is 77.9 Å². The zero-order valence-electron chi connectivity index (χ0n) is 17.0. The lowest BCUT2D eigenvalue weighted by Crippen LogP contribution is -2.16. The number of fused-ring (bicyclic) bond motifs is 1. The minimum Gasteiger partial charge on any atom is -0.465 e. The minimum absolute atomic E-state index is 0.134. The smallest absolute Gasteiger partial charge is 0.343 e. The SMILES string of the molecule is CCOC(=O)c1cnn(-c2cc(C)c3ccccc3n2)c1NC(=O)/C=C/c1ccco1. The Balaban J connectivity index is 1.74. The van der Waals surface area contributed by atoms with Gasteiger partial charge >= 0.3 is 5.97 Å². The standard InChI is InChI=1S/C23H20N4O4/c1-3-30-23(29)18-14-24-27(20-13-15(2)17-8-4-5-9-19(17)25-20)22(18)26-21(28)11-10-16-7-6-12-31-16/h4-14H,3H2,1-2H3,(H,26,28)/b11-10+. The van der Waals surface area contributed by atoms with Crippen LogP contribution in [0.1, 0.15) is 28.6 Å². The van der Waals surface area contributed by atoms with Crippen molar-refractivity contribution >= 4 is 34.7 Å². The lowest BCUT2D eigenvalue weighted by Gasteiger charge is -2.11. The molecule has 3 aromatic heterocycles. The number of nitrogens with one attached hydrogen (secondary N) is 1. The highest BCUT2D eigenvalue weighted by atomic mass is 16.5. The van der Waals surface area contributed by atoms with E-state index in [1.807, 2.05) is 37.3 Å². The number of furan rings is 1. The number of rotatable bonds is 6. The Morgan fingerprint density at radius 1 is 1.23 bits per heavy atom. The Kier molecular flexibility index (Phi) is 5.61. The van der Waals surface area contributed by atoms with Crippen LogP contribution in [0.3, 0.4) is 0 Å². The van der Waals surface area contributed by atoms with Crippen molar-refractivity contribution < 1.29 is 18.7 Å². The van der Waals surface area contributed by atoms with Crippen molar-refractivity contribution in [3.63, 3.8) is 0 Å². The van der Waals surface area contributed by atoms with E-state index in [-0.39, 0.29) is 18.0 Å². The lowest BCUT2D eigenvalue weighted by molar-refractivity contribution is -0.111. The fraction of sp³-hybridized carbons (Fsp3) is 0.130. The van der Waals surface area contributed by atoms with E-state index in [1.54, 1.807) is 19.1 Å². The maximum atomic E-state index is 12.5. The molecule has 0 saturated heterocycles. The van der Waals surface area contributed by atoms with Gasteiger partial charge in [0.2, 0.25) is 5.91 Å². The quantitative estimate of drug-likeness (QED) is 0.374. The van der Waals surface area contributed by atoms with Crippen LogP contribution in [0.15, 0.2) is 65.4 Å². The molecule has 8 heteroatoms. The maximum absolute atomic E-state index is 12.5. The van der Waals surface area contributed by atoms with Crippen molar-refractivity contribution in [2.75, 3.05) is 11.9 Å². The molecule has 8 nitrogen and oxygen atoms in total. The normalized spacial score (nSPS) is 11.2. The molecule has 1 amide bonds. The third-order valence-electron chi connectivity index (χ3n) is 4.57. The van der Waals surface area contributed by atoms with Crippen LogP contribution in [0.5, 0.6) is 0 Å². The van der Waals surface area contributed by atoms with Gasteiger partial charge in [-0.3, -0.25) is 4.79 Å². The zero-order valence-corrected chi connectivity index (χ0v) is 17.0. The summed E-state index contributed by atoms with van der Waals surface area (Å²) < 4.78 is 11.7. The predicted octanol–water partition coefficient (Wildman–Crippen LogP) is 4.15. The Morgan fingerprint density at radius 3 is 2.84 bits per heavy atom. The van der Waals surface area contributed by atoms with Crippen LogP contribution in [0.2, 0.25) is 0 Å². The first-order valence-corrected chi connectivity index (χ1v) is 9.71. The molecule has 0 saturated carbocycles. The van der Waals surface area contributed by atoms with Gasteiger partial charge in [0.25, 0.3) is 0 Å². The van der Waals surface area contributed by atoms with Gasteiger partial charge < -0.3 is 14.5 Å². The number of amides is 1. The number of para-hydroxylation sites is 1. The van der Waals surface area contributed by atoms with Gasteiger partial charge in [0.1, 0.15) is 11.3 Å². The Bertz CT molecular complexity index is 1270. The van der Waals surface area contributed by atoms with Gasteiger partial charge in [0, 0.05) is 11.5 Å². The second-order valence-electron chi connectivity index (χ2n) is 6.69. The fourth-order valence-corrected chi connectivity index (χ4v) is 3.14. The maximum Gasteiger partial charge on any atom is 0.343 e.